The predicted octanol–water partition coefficient (Wildman–Crippen LogP) is 6.05. The van der Waals surface area contributed by atoms with Gasteiger partial charge in [-0.2, -0.15) is 0 Å². The predicted molar refractivity (Wildman–Crippen MR) is 160 cm³/mol. The Morgan fingerprint density at radius 2 is 1.74 bits per heavy atom. The third-order valence-electron chi connectivity index (χ3n) is 12.2. The highest BCUT2D eigenvalue weighted by molar-refractivity contribution is 5.79. The van der Waals surface area contributed by atoms with Crippen LogP contribution in [0.3, 0.4) is 0 Å². The van der Waals surface area contributed by atoms with Gasteiger partial charge in [-0.05, 0) is 97.7 Å². The fraction of sp³-hybridized carbons (Fsp3) is 0.912. The summed E-state index contributed by atoms with van der Waals surface area (Å²) in [5.41, 5.74) is 2.38. The molecule has 39 heavy (non-hydrogen) atoms. The average Bonchev–Trinajstić information content (AvgIpc) is 3.25. The molecule has 0 aromatic rings. The summed E-state index contributed by atoms with van der Waals surface area (Å²) < 4.78 is 0. The number of hydrogen-bond acceptors (Lipinski definition) is 4. The minimum Gasteiger partial charge on any atom is -0.395 e. The SMILES string of the molecule is CC(C)CCC[C@@H](C)[C@H]1CC[C@H]2[C@@H]3CC=C4C[C@@H](C(=O)NCCN(CCO)CCO)CC[C@]4(C)[C@H]3CC[C@]12C. The maximum Gasteiger partial charge on any atom is 0.223 e. The zero-order valence-electron chi connectivity index (χ0n) is 25.9. The summed E-state index contributed by atoms with van der Waals surface area (Å²) in [5, 5.41) is 21.6. The molecule has 0 aromatic carbocycles. The molecule has 8 atom stereocenters. The van der Waals surface area contributed by atoms with E-state index in [2.05, 4.69) is 46.0 Å². The molecule has 0 saturated heterocycles. The number of aliphatic hydroxyl groups is 2. The Morgan fingerprint density at radius 1 is 1.00 bits per heavy atom. The van der Waals surface area contributed by atoms with Gasteiger partial charge in [0.1, 0.15) is 0 Å². The Kier molecular flexibility index (Phi) is 10.6. The lowest BCUT2D eigenvalue weighted by atomic mass is 9.46. The van der Waals surface area contributed by atoms with Crippen LogP contribution in [0.5, 0.6) is 0 Å². The lowest BCUT2D eigenvalue weighted by molar-refractivity contribution is -0.126. The van der Waals surface area contributed by atoms with E-state index in [-0.39, 0.29) is 30.5 Å². The van der Waals surface area contributed by atoms with Crippen LogP contribution in [-0.4, -0.2) is 60.4 Å². The summed E-state index contributed by atoms with van der Waals surface area (Å²) in [5.74, 6) is 5.36. The van der Waals surface area contributed by atoms with E-state index in [0.29, 0.717) is 31.6 Å². The molecule has 4 rings (SSSR count). The van der Waals surface area contributed by atoms with Gasteiger partial charge in [0.25, 0.3) is 0 Å². The summed E-state index contributed by atoms with van der Waals surface area (Å²) in [6.07, 6.45) is 16.7. The van der Waals surface area contributed by atoms with Crippen LogP contribution in [0.2, 0.25) is 0 Å². The minimum absolute atomic E-state index is 0.0729. The van der Waals surface area contributed by atoms with E-state index >= 15 is 0 Å². The molecule has 224 valence electrons. The quantitative estimate of drug-likeness (QED) is 0.247. The number of rotatable bonds is 13. The van der Waals surface area contributed by atoms with Gasteiger partial charge in [0, 0.05) is 32.1 Å². The van der Waals surface area contributed by atoms with Crippen molar-refractivity contribution in [3.63, 3.8) is 0 Å². The van der Waals surface area contributed by atoms with Crippen LogP contribution in [0.15, 0.2) is 11.6 Å². The number of hydrogen-bond donors (Lipinski definition) is 3. The van der Waals surface area contributed by atoms with E-state index in [1.165, 1.54) is 51.4 Å². The normalized spacial score (nSPS) is 36.7. The van der Waals surface area contributed by atoms with Crippen LogP contribution in [0.4, 0.5) is 0 Å². The van der Waals surface area contributed by atoms with E-state index < -0.39 is 0 Å². The van der Waals surface area contributed by atoms with Gasteiger partial charge < -0.3 is 15.5 Å². The first-order valence-corrected chi connectivity index (χ1v) is 16.5. The number of carbonyl (C=O) groups excluding carboxylic acids is 1. The number of aliphatic hydroxyl groups excluding tert-OH is 2. The van der Waals surface area contributed by atoms with Crippen molar-refractivity contribution in [3.8, 4) is 0 Å². The Hall–Kier alpha value is -0.910. The van der Waals surface area contributed by atoms with Crippen molar-refractivity contribution >= 4 is 5.91 Å². The molecule has 0 heterocycles. The number of fused-ring (bicyclic) bond motifs is 5. The van der Waals surface area contributed by atoms with Gasteiger partial charge in [0.05, 0.1) is 13.2 Å². The van der Waals surface area contributed by atoms with Gasteiger partial charge in [-0.3, -0.25) is 9.69 Å². The first-order valence-electron chi connectivity index (χ1n) is 16.5. The highest BCUT2D eigenvalue weighted by Crippen LogP contribution is 2.67. The third kappa shape index (κ3) is 6.61. The summed E-state index contributed by atoms with van der Waals surface area (Å²) in [6.45, 7) is 15.0. The van der Waals surface area contributed by atoms with Crippen LogP contribution in [0, 0.1) is 52.3 Å². The average molecular weight is 545 g/mol. The highest BCUT2D eigenvalue weighted by atomic mass is 16.3. The molecular weight excluding hydrogens is 484 g/mol. The first kappa shape index (κ1) is 31.0. The maximum absolute atomic E-state index is 13.1. The van der Waals surface area contributed by atoms with Crippen LogP contribution in [0.25, 0.3) is 0 Å². The number of carbonyl (C=O) groups is 1. The molecule has 3 N–H and O–H groups in total. The van der Waals surface area contributed by atoms with E-state index in [1.807, 2.05) is 4.90 Å². The number of amides is 1. The molecule has 0 aliphatic heterocycles. The lowest BCUT2D eigenvalue weighted by Crippen LogP contribution is -2.51. The molecule has 4 aliphatic carbocycles. The smallest absolute Gasteiger partial charge is 0.223 e. The Labute approximate surface area is 239 Å². The maximum atomic E-state index is 13.1. The molecule has 3 saturated carbocycles. The van der Waals surface area contributed by atoms with E-state index in [4.69, 9.17) is 0 Å². The fourth-order valence-electron chi connectivity index (χ4n) is 10.0. The van der Waals surface area contributed by atoms with Crippen LogP contribution in [-0.2, 0) is 4.79 Å². The largest absolute Gasteiger partial charge is 0.395 e. The molecule has 0 unspecified atom stereocenters. The molecule has 4 aliphatic rings. The molecule has 5 nitrogen and oxygen atoms in total. The molecule has 0 radical (unpaired) electrons. The van der Waals surface area contributed by atoms with Gasteiger partial charge in [-0.15, -0.1) is 0 Å². The van der Waals surface area contributed by atoms with Crippen molar-refractivity contribution < 1.29 is 15.0 Å². The standard InChI is InChI=1S/C34H60N2O3/c1-24(2)7-6-8-25(3)29-11-12-30-28-10-9-27-23-26(32(39)35-17-18-36(19-21-37)20-22-38)13-15-33(27,4)31(28)14-16-34(29,30)5/h9,24-26,28-31,37-38H,6-8,10-23H2,1-5H3,(H,35,39)/t25-,26+,28+,29-,30+,31+,33+,34-/m1/s1. The number of nitrogens with one attached hydrogen (secondary N) is 1. The number of allylic oxidation sites excluding steroid dienone is 2. The first-order chi connectivity index (χ1) is 18.6. The van der Waals surface area contributed by atoms with Crippen molar-refractivity contribution in [2.24, 2.45) is 52.3 Å². The van der Waals surface area contributed by atoms with Crippen molar-refractivity contribution in [3.05, 3.63) is 11.6 Å². The second-order valence-electron chi connectivity index (χ2n) is 14.8. The lowest BCUT2D eigenvalue weighted by Gasteiger charge is -2.58. The second-order valence-corrected chi connectivity index (χ2v) is 14.8. The number of nitrogens with zero attached hydrogens (tertiary/aromatic N) is 1. The van der Waals surface area contributed by atoms with Crippen LogP contribution in [0.1, 0.15) is 105 Å². The Balaban J connectivity index is 1.35. The summed E-state index contributed by atoms with van der Waals surface area (Å²) in [7, 11) is 0. The summed E-state index contributed by atoms with van der Waals surface area (Å²) in [4.78, 5) is 15.1. The highest BCUT2D eigenvalue weighted by Gasteiger charge is 2.59. The monoisotopic (exact) mass is 544 g/mol. The molecule has 1 amide bonds. The Morgan fingerprint density at radius 3 is 2.44 bits per heavy atom. The molecule has 3 fully saturated rings. The van der Waals surface area contributed by atoms with Gasteiger partial charge in [0.15, 0.2) is 0 Å². The molecule has 0 spiro atoms. The topological polar surface area (TPSA) is 72.8 Å². The van der Waals surface area contributed by atoms with Gasteiger partial charge in [0.2, 0.25) is 5.91 Å². The molecule has 0 aromatic heterocycles. The van der Waals surface area contributed by atoms with Crippen LogP contribution >= 0.6 is 0 Å². The van der Waals surface area contributed by atoms with Crippen molar-refractivity contribution in [1.82, 2.24) is 10.2 Å². The van der Waals surface area contributed by atoms with E-state index in [0.717, 1.165) is 54.8 Å². The van der Waals surface area contributed by atoms with E-state index in [1.54, 1.807) is 5.57 Å². The van der Waals surface area contributed by atoms with Crippen molar-refractivity contribution in [2.75, 3.05) is 39.4 Å². The van der Waals surface area contributed by atoms with Gasteiger partial charge in [-0.1, -0.05) is 65.5 Å². The zero-order chi connectivity index (χ0) is 28.2. The minimum atomic E-state index is 0.0729. The molecule has 5 heteroatoms. The zero-order valence-corrected chi connectivity index (χ0v) is 25.9. The third-order valence-corrected chi connectivity index (χ3v) is 12.2. The molecule has 0 bridgehead atoms. The summed E-state index contributed by atoms with van der Waals surface area (Å²) in [6, 6.07) is 0. The second kappa shape index (κ2) is 13.4. The van der Waals surface area contributed by atoms with Crippen molar-refractivity contribution in [1.29, 1.82) is 0 Å². The van der Waals surface area contributed by atoms with E-state index in [9.17, 15) is 15.0 Å². The fourth-order valence-corrected chi connectivity index (χ4v) is 10.0. The van der Waals surface area contributed by atoms with Gasteiger partial charge >= 0.3 is 0 Å². The van der Waals surface area contributed by atoms with Crippen molar-refractivity contribution in [2.45, 2.75) is 105 Å². The molecular formula is C34H60N2O3. The summed E-state index contributed by atoms with van der Waals surface area (Å²) >= 11 is 0. The van der Waals surface area contributed by atoms with Gasteiger partial charge in [-0.25, -0.2) is 0 Å². The van der Waals surface area contributed by atoms with Crippen LogP contribution < -0.4 is 5.32 Å². The Bertz CT molecular complexity index is 836.